The second-order valence-corrected chi connectivity index (χ2v) is 8.27. The lowest BCUT2D eigenvalue weighted by molar-refractivity contribution is -0.138. The van der Waals surface area contributed by atoms with Gasteiger partial charge in [-0.05, 0) is 61.4 Å². The maximum Gasteiger partial charge on any atom is 0.278 e. The van der Waals surface area contributed by atoms with E-state index < -0.39 is 0 Å². The van der Waals surface area contributed by atoms with Crippen LogP contribution in [0.4, 0.5) is 0 Å². The summed E-state index contributed by atoms with van der Waals surface area (Å²) < 4.78 is 0. The van der Waals surface area contributed by atoms with Gasteiger partial charge in [0.25, 0.3) is 11.8 Å². The van der Waals surface area contributed by atoms with Gasteiger partial charge < -0.3 is 4.90 Å². The van der Waals surface area contributed by atoms with E-state index >= 15 is 0 Å². The lowest BCUT2D eigenvalue weighted by Gasteiger charge is -2.29. The molecule has 1 saturated heterocycles. The van der Waals surface area contributed by atoms with Crippen molar-refractivity contribution in [1.29, 1.82) is 0 Å². The number of imide groups is 1. The van der Waals surface area contributed by atoms with E-state index in [9.17, 15) is 9.59 Å². The average molecular weight is 409 g/mol. The van der Waals surface area contributed by atoms with Crippen LogP contribution in [0.1, 0.15) is 41.5 Å². The molecule has 150 valence electrons. The lowest BCUT2D eigenvalue weighted by Crippen LogP contribution is -2.36. The number of nitrogens with zero attached hydrogens (tertiary/aromatic N) is 2. The van der Waals surface area contributed by atoms with E-state index in [1.165, 1.54) is 10.5 Å². The zero-order valence-corrected chi connectivity index (χ0v) is 17.6. The summed E-state index contributed by atoms with van der Waals surface area (Å²) in [5.41, 5.74) is 4.93. The second kappa shape index (κ2) is 8.03. The molecule has 0 unspecified atom stereocenters. The van der Waals surface area contributed by atoms with Gasteiger partial charge in [-0.1, -0.05) is 48.0 Å². The summed E-state index contributed by atoms with van der Waals surface area (Å²) in [4.78, 5) is 30.3. The van der Waals surface area contributed by atoms with Gasteiger partial charge in [-0.3, -0.25) is 14.5 Å². The van der Waals surface area contributed by atoms with Gasteiger partial charge in [0.05, 0.1) is 12.1 Å². The smallest absolute Gasteiger partial charge is 0.278 e. The minimum atomic E-state index is -0.237. The molecule has 2 aliphatic rings. The quantitative estimate of drug-likeness (QED) is 0.687. The van der Waals surface area contributed by atoms with Crippen molar-refractivity contribution in [1.82, 2.24) is 9.80 Å². The number of benzene rings is 2. The fourth-order valence-corrected chi connectivity index (χ4v) is 4.27. The summed E-state index contributed by atoms with van der Waals surface area (Å²) in [5.74, 6) is -0.455. The topological polar surface area (TPSA) is 40.6 Å². The Bertz CT molecular complexity index is 1010. The number of carbonyl (C=O) groups is 2. The standard InChI is InChI=1S/C24H25ClN2O2/c1-16-10-11-18(14-17(16)2)21-22(26-12-6-3-7-13-26)24(29)27(23(21)28)15-19-8-4-5-9-20(19)25/h4-5,8-11,14H,3,6-7,12-13,15H2,1-2H3. The minimum Gasteiger partial charge on any atom is -0.366 e. The van der Waals surface area contributed by atoms with Gasteiger partial charge in [0.1, 0.15) is 5.70 Å². The summed E-state index contributed by atoms with van der Waals surface area (Å²) in [6.45, 7) is 5.88. The predicted molar refractivity (Wildman–Crippen MR) is 115 cm³/mol. The molecule has 2 aromatic rings. The molecule has 0 saturated carbocycles. The number of rotatable bonds is 4. The first-order valence-corrected chi connectivity index (χ1v) is 10.5. The average Bonchev–Trinajstić information content (AvgIpc) is 2.97. The molecule has 0 N–H and O–H groups in total. The van der Waals surface area contributed by atoms with E-state index in [2.05, 4.69) is 4.90 Å². The van der Waals surface area contributed by atoms with Gasteiger partial charge >= 0.3 is 0 Å². The van der Waals surface area contributed by atoms with Crippen LogP contribution in [-0.4, -0.2) is 34.7 Å². The van der Waals surface area contributed by atoms with Gasteiger partial charge in [-0.25, -0.2) is 0 Å². The second-order valence-electron chi connectivity index (χ2n) is 7.86. The maximum atomic E-state index is 13.5. The molecule has 0 spiro atoms. The maximum absolute atomic E-state index is 13.5. The number of piperidine rings is 1. The Balaban J connectivity index is 1.77. The van der Waals surface area contributed by atoms with Crippen LogP contribution in [-0.2, 0) is 16.1 Å². The Morgan fingerprint density at radius 2 is 1.62 bits per heavy atom. The van der Waals surface area contributed by atoms with Crippen LogP contribution < -0.4 is 0 Å². The third kappa shape index (κ3) is 3.69. The fourth-order valence-electron chi connectivity index (χ4n) is 4.07. The highest BCUT2D eigenvalue weighted by atomic mass is 35.5. The van der Waals surface area contributed by atoms with E-state index in [0.29, 0.717) is 16.3 Å². The van der Waals surface area contributed by atoms with Crippen molar-refractivity contribution in [3.05, 3.63) is 75.4 Å². The van der Waals surface area contributed by atoms with E-state index in [0.717, 1.165) is 49.0 Å². The number of aryl methyl sites for hydroxylation is 2. The van der Waals surface area contributed by atoms with Crippen molar-refractivity contribution in [2.24, 2.45) is 0 Å². The Hall–Kier alpha value is -2.59. The van der Waals surface area contributed by atoms with E-state index in [-0.39, 0.29) is 18.4 Å². The van der Waals surface area contributed by atoms with E-state index in [1.807, 2.05) is 50.2 Å². The molecule has 4 nitrogen and oxygen atoms in total. The molecule has 2 aromatic carbocycles. The van der Waals surface area contributed by atoms with Gasteiger partial charge in [0.2, 0.25) is 0 Å². The molecule has 29 heavy (non-hydrogen) atoms. The molecule has 2 heterocycles. The summed E-state index contributed by atoms with van der Waals surface area (Å²) in [6, 6.07) is 13.3. The third-order valence-corrected chi connectivity index (χ3v) is 6.27. The van der Waals surface area contributed by atoms with Crippen LogP contribution in [0.3, 0.4) is 0 Å². The number of amides is 2. The molecule has 0 atom stereocenters. The zero-order chi connectivity index (χ0) is 20.5. The van der Waals surface area contributed by atoms with Gasteiger partial charge in [0, 0.05) is 18.1 Å². The monoisotopic (exact) mass is 408 g/mol. The van der Waals surface area contributed by atoms with Crippen molar-refractivity contribution >= 4 is 29.0 Å². The van der Waals surface area contributed by atoms with Crippen molar-refractivity contribution in [2.45, 2.75) is 39.7 Å². The summed E-state index contributed by atoms with van der Waals surface area (Å²) in [7, 11) is 0. The summed E-state index contributed by atoms with van der Waals surface area (Å²) in [6.07, 6.45) is 3.24. The van der Waals surface area contributed by atoms with E-state index in [1.54, 1.807) is 6.07 Å². The van der Waals surface area contributed by atoms with Crippen LogP contribution in [0, 0.1) is 13.8 Å². The molecular weight excluding hydrogens is 384 g/mol. The Morgan fingerprint density at radius 1 is 0.897 bits per heavy atom. The summed E-state index contributed by atoms with van der Waals surface area (Å²) in [5, 5.41) is 0.562. The Kier molecular flexibility index (Phi) is 5.46. The van der Waals surface area contributed by atoms with Crippen LogP contribution in [0.25, 0.3) is 5.57 Å². The highest BCUT2D eigenvalue weighted by Crippen LogP contribution is 2.35. The first kappa shape index (κ1) is 19.7. The van der Waals surface area contributed by atoms with Crippen LogP contribution in [0.5, 0.6) is 0 Å². The Morgan fingerprint density at radius 3 is 2.31 bits per heavy atom. The first-order valence-electron chi connectivity index (χ1n) is 10.1. The predicted octanol–water partition coefficient (Wildman–Crippen LogP) is 4.72. The molecule has 0 aliphatic carbocycles. The zero-order valence-electron chi connectivity index (χ0n) is 16.9. The molecule has 4 rings (SSSR count). The molecule has 2 aliphatic heterocycles. The molecular formula is C24H25ClN2O2. The molecule has 1 fully saturated rings. The van der Waals surface area contributed by atoms with E-state index in [4.69, 9.17) is 11.6 Å². The highest BCUT2D eigenvalue weighted by Gasteiger charge is 2.41. The number of likely N-dealkylation sites (tertiary alicyclic amines) is 1. The van der Waals surface area contributed by atoms with Crippen molar-refractivity contribution in [3.8, 4) is 0 Å². The van der Waals surface area contributed by atoms with Crippen molar-refractivity contribution in [3.63, 3.8) is 0 Å². The molecule has 0 radical (unpaired) electrons. The third-order valence-electron chi connectivity index (χ3n) is 5.90. The van der Waals surface area contributed by atoms with Crippen molar-refractivity contribution in [2.75, 3.05) is 13.1 Å². The molecule has 2 amide bonds. The van der Waals surface area contributed by atoms with Crippen LogP contribution in [0.2, 0.25) is 5.02 Å². The number of carbonyl (C=O) groups excluding carboxylic acids is 2. The lowest BCUT2D eigenvalue weighted by atomic mass is 9.98. The van der Waals surface area contributed by atoms with Gasteiger partial charge in [-0.2, -0.15) is 0 Å². The largest absolute Gasteiger partial charge is 0.366 e. The van der Waals surface area contributed by atoms with Crippen molar-refractivity contribution < 1.29 is 9.59 Å². The molecule has 0 aromatic heterocycles. The SMILES string of the molecule is Cc1ccc(C2=C(N3CCCCC3)C(=O)N(Cc3ccccc3Cl)C2=O)cc1C. The van der Waals surface area contributed by atoms with Gasteiger partial charge in [0.15, 0.2) is 0 Å². The van der Waals surface area contributed by atoms with Crippen LogP contribution in [0.15, 0.2) is 48.2 Å². The van der Waals surface area contributed by atoms with Crippen LogP contribution >= 0.6 is 11.6 Å². The normalized spacial score (nSPS) is 17.5. The fraction of sp³-hybridized carbons (Fsp3) is 0.333. The summed E-state index contributed by atoms with van der Waals surface area (Å²) >= 11 is 6.30. The Labute approximate surface area is 176 Å². The first-order chi connectivity index (χ1) is 14.0. The molecule has 5 heteroatoms. The molecule has 0 bridgehead atoms. The number of halogens is 1. The minimum absolute atomic E-state index is 0.184. The highest BCUT2D eigenvalue weighted by molar-refractivity contribution is 6.35. The number of hydrogen-bond acceptors (Lipinski definition) is 3. The van der Waals surface area contributed by atoms with Gasteiger partial charge in [-0.15, -0.1) is 0 Å². The number of hydrogen-bond donors (Lipinski definition) is 0.